The molecule has 19 heavy (non-hydrogen) atoms. The summed E-state index contributed by atoms with van der Waals surface area (Å²) < 4.78 is 0. The van der Waals surface area contributed by atoms with E-state index < -0.39 is 0 Å². The Bertz CT molecular complexity index is 479. The minimum Gasteiger partial charge on any atom is -0.304 e. The van der Waals surface area contributed by atoms with E-state index in [1.54, 1.807) is 11.3 Å². The van der Waals surface area contributed by atoms with Crippen molar-refractivity contribution in [2.24, 2.45) is 0 Å². The molecule has 0 fully saturated rings. The molecule has 2 aromatic rings. The van der Waals surface area contributed by atoms with Crippen LogP contribution in [0.1, 0.15) is 48.5 Å². The minimum atomic E-state index is 0.433. The van der Waals surface area contributed by atoms with Crippen LogP contribution in [0.3, 0.4) is 0 Å². The highest BCUT2D eigenvalue weighted by Crippen LogP contribution is 2.20. The molecule has 1 unspecified atom stereocenters. The van der Waals surface area contributed by atoms with Crippen LogP contribution in [0.15, 0.2) is 35.7 Å². The Labute approximate surface area is 119 Å². The summed E-state index contributed by atoms with van der Waals surface area (Å²) in [6.45, 7) is 5.15. The molecule has 1 aromatic heterocycles. The first kappa shape index (κ1) is 14.2. The maximum atomic E-state index is 4.51. The molecule has 0 radical (unpaired) electrons. The van der Waals surface area contributed by atoms with Crippen molar-refractivity contribution in [2.75, 3.05) is 0 Å². The van der Waals surface area contributed by atoms with Crippen molar-refractivity contribution < 1.29 is 0 Å². The fourth-order valence-corrected chi connectivity index (χ4v) is 2.81. The smallest absolute Gasteiger partial charge is 0.0897 e. The van der Waals surface area contributed by atoms with E-state index in [0.29, 0.717) is 6.04 Å². The minimum absolute atomic E-state index is 0.433. The van der Waals surface area contributed by atoms with Gasteiger partial charge in [0.2, 0.25) is 0 Å². The molecule has 1 heterocycles. The van der Waals surface area contributed by atoms with Crippen molar-refractivity contribution in [1.82, 2.24) is 10.3 Å². The molecule has 2 nitrogen and oxygen atoms in total. The Balaban J connectivity index is 1.97. The molecule has 1 aromatic carbocycles. The van der Waals surface area contributed by atoms with E-state index in [0.717, 1.165) is 17.2 Å². The molecule has 3 heteroatoms. The predicted molar refractivity (Wildman–Crippen MR) is 82.4 cm³/mol. The van der Waals surface area contributed by atoms with E-state index >= 15 is 0 Å². The van der Waals surface area contributed by atoms with Gasteiger partial charge in [0.05, 0.1) is 10.7 Å². The van der Waals surface area contributed by atoms with Gasteiger partial charge in [-0.2, -0.15) is 0 Å². The molecular formula is C16H22N2S. The van der Waals surface area contributed by atoms with Crippen molar-refractivity contribution in [1.29, 1.82) is 0 Å². The SMILES string of the molecule is CCCCC(NCc1csc(C)n1)c1ccccc1. The number of nitrogens with zero attached hydrogens (tertiary/aromatic N) is 1. The zero-order valence-electron chi connectivity index (χ0n) is 11.7. The number of benzene rings is 1. The molecule has 0 bridgehead atoms. The van der Waals surface area contributed by atoms with Gasteiger partial charge >= 0.3 is 0 Å². The van der Waals surface area contributed by atoms with Gasteiger partial charge in [-0.1, -0.05) is 50.1 Å². The second-order valence-electron chi connectivity index (χ2n) is 4.84. The average Bonchev–Trinajstić information content (AvgIpc) is 2.86. The van der Waals surface area contributed by atoms with Gasteiger partial charge in [0.15, 0.2) is 0 Å². The highest BCUT2D eigenvalue weighted by Gasteiger charge is 2.10. The molecule has 0 aliphatic carbocycles. The standard InChI is InChI=1S/C16H22N2S/c1-3-4-10-16(14-8-6-5-7-9-14)17-11-15-12-19-13(2)18-15/h5-9,12,16-17H,3-4,10-11H2,1-2H3. The quantitative estimate of drug-likeness (QED) is 0.805. The van der Waals surface area contributed by atoms with Crippen LogP contribution in [0.2, 0.25) is 0 Å². The van der Waals surface area contributed by atoms with Crippen molar-refractivity contribution >= 4 is 11.3 Å². The van der Waals surface area contributed by atoms with Crippen LogP contribution < -0.4 is 5.32 Å². The first-order valence-corrected chi connectivity index (χ1v) is 7.87. The first-order valence-electron chi connectivity index (χ1n) is 6.99. The van der Waals surface area contributed by atoms with Gasteiger partial charge in [0.1, 0.15) is 0 Å². The maximum Gasteiger partial charge on any atom is 0.0897 e. The van der Waals surface area contributed by atoms with Crippen molar-refractivity contribution in [2.45, 2.75) is 45.7 Å². The molecule has 102 valence electrons. The highest BCUT2D eigenvalue weighted by atomic mass is 32.1. The van der Waals surface area contributed by atoms with Crippen LogP contribution in [0.25, 0.3) is 0 Å². The Morgan fingerprint density at radius 3 is 2.68 bits per heavy atom. The monoisotopic (exact) mass is 274 g/mol. The van der Waals surface area contributed by atoms with Gasteiger partial charge in [-0.05, 0) is 18.9 Å². The fraction of sp³-hybridized carbons (Fsp3) is 0.438. The lowest BCUT2D eigenvalue weighted by atomic mass is 10.0. The van der Waals surface area contributed by atoms with Crippen LogP contribution in [0, 0.1) is 6.92 Å². The van der Waals surface area contributed by atoms with E-state index in [2.05, 4.69) is 59.9 Å². The highest BCUT2D eigenvalue weighted by molar-refractivity contribution is 7.09. The lowest BCUT2D eigenvalue weighted by Gasteiger charge is -2.18. The van der Waals surface area contributed by atoms with Gasteiger partial charge in [0, 0.05) is 18.0 Å². The first-order chi connectivity index (χ1) is 9.29. The van der Waals surface area contributed by atoms with Crippen LogP contribution in [0.4, 0.5) is 0 Å². The summed E-state index contributed by atoms with van der Waals surface area (Å²) in [7, 11) is 0. The van der Waals surface area contributed by atoms with E-state index in [1.165, 1.54) is 24.8 Å². The number of hydrogen-bond donors (Lipinski definition) is 1. The molecule has 0 saturated heterocycles. The molecule has 1 atom stereocenters. The third kappa shape index (κ3) is 4.44. The van der Waals surface area contributed by atoms with Crippen molar-refractivity contribution in [3.63, 3.8) is 0 Å². The molecule has 0 aliphatic rings. The Morgan fingerprint density at radius 1 is 1.26 bits per heavy atom. The van der Waals surface area contributed by atoms with Crippen LogP contribution in [-0.2, 0) is 6.54 Å². The third-order valence-corrected chi connectivity index (χ3v) is 4.07. The number of aryl methyl sites for hydroxylation is 1. The van der Waals surface area contributed by atoms with Gasteiger partial charge in [-0.25, -0.2) is 4.98 Å². The normalized spacial score (nSPS) is 12.5. The van der Waals surface area contributed by atoms with Gasteiger partial charge in [-0.3, -0.25) is 0 Å². The Kier molecular flexibility index (Phi) is 5.55. The lowest BCUT2D eigenvalue weighted by molar-refractivity contribution is 0.478. The van der Waals surface area contributed by atoms with Crippen LogP contribution >= 0.6 is 11.3 Å². The van der Waals surface area contributed by atoms with Crippen LogP contribution in [-0.4, -0.2) is 4.98 Å². The third-order valence-electron chi connectivity index (χ3n) is 3.24. The maximum absolute atomic E-state index is 4.51. The number of hydrogen-bond acceptors (Lipinski definition) is 3. The Morgan fingerprint density at radius 2 is 2.05 bits per heavy atom. The van der Waals surface area contributed by atoms with Gasteiger partial charge in [-0.15, -0.1) is 11.3 Å². The van der Waals surface area contributed by atoms with Gasteiger partial charge < -0.3 is 5.32 Å². The van der Waals surface area contributed by atoms with Crippen LogP contribution in [0.5, 0.6) is 0 Å². The van der Waals surface area contributed by atoms with E-state index in [9.17, 15) is 0 Å². The van der Waals surface area contributed by atoms with Gasteiger partial charge in [0.25, 0.3) is 0 Å². The molecule has 0 amide bonds. The summed E-state index contributed by atoms with van der Waals surface area (Å²) in [6, 6.07) is 11.2. The summed E-state index contributed by atoms with van der Waals surface area (Å²) >= 11 is 1.72. The molecule has 0 spiro atoms. The summed E-state index contributed by atoms with van der Waals surface area (Å²) in [5, 5.41) is 6.93. The zero-order valence-corrected chi connectivity index (χ0v) is 12.5. The van der Waals surface area contributed by atoms with E-state index in [-0.39, 0.29) is 0 Å². The summed E-state index contributed by atoms with van der Waals surface area (Å²) in [6.07, 6.45) is 3.67. The largest absolute Gasteiger partial charge is 0.304 e. The molecule has 0 aliphatic heterocycles. The Hall–Kier alpha value is -1.19. The van der Waals surface area contributed by atoms with E-state index in [4.69, 9.17) is 0 Å². The summed E-state index contributed by atoms with van der Waals surface area (Å²) in [5.74, 6) is 0. The summed E-state index contributed by atoms with van der Waals surface area (Å²) in [5.41, 5.74) is 2.53. The number of thiazole rings is 1. The summed E-state index contributed by atoms with van der Waals surface area (Å²) in [4.78, 5) is 4.51. The fourth-order valence-electron chi connectivity index (χ4n) is 2.20. The lowest BCUT2D eigenvalue weighted by Crippen LogP contribution is -2.21. The average molecular weight is 274 g/mol. The van der Waals surface area contributed by atoms with E-state index in [1.807, 2.05) is 0 Å². The predicted octanol–water partition coefficient (Wildman–Crippen LogP) is 4.47. The second-order valence-corrected chi connectivity index (χ2v) is 5.91. The number of rotatable bonds is 7. The zero-order chi connectivity index (χ0) is 13.5. The molecular weight excluding hydrogens is 252 g/mol. The number of nitrogens with one attached hydrogen (secondary N) is 1. The molecule has 1 N–H and O–H groups in total. The van der Waals surface area contributed by atoms with Crippen molar-refractivity contribution in [3.05, 3.63) is 52.0 Å². The second kappa shape index (κ2) is 7.41. The molecule has 2 rings (SSSR count). The topological polar surface area (TPSA) is 24.9 Å². The number of unbranched alkanes of at least 4 members (excludes halogenated alkanes) is 1. The van der Waals surface area contributed by atoms with Crippen molar-refractivity contribution in [3.8, 4) is 0 Å². The number of aromatic nitrogens is 1. The molecule has 0 saturated carbocycles.